The maximum absolute atomic E-state index is 5.67. The molecule has 96 valence electrons. The van der Waals surface area contributed by atoms with E-state index in [1.165, 1.54) is 38.6 Å². The number of rotatable bonds is 10. The number of ether oxygens (including phenoxy) is 1. The second-order valence-corrected chi connectivity index (χ2v) is 5.54. The number of hydrogen-bond donors (Lipinski definition) is 1. The van der Waals surface area contributed by atoms with E-state index in [0.717, 1.165) is 31.1 Å². The van der Waals surface area contributed by atoms with Crippen LogP contribution in [-0.2, 0) is 4.74 Å². The minimum atomic E-state index is 0.763. The van der Waals surface area contributed by atoms with E-state index in [1.807, 2.05) is 0 Å². The van der Waals surface area contributed by atoms with Crippen LogP contribution >= 0.6 is 0 Å². The molecule has 2 nitrogen and oxygen atoms in total. The average molecular weight is 227 g/mol. The van der Waals surface area contributed by atoms with Gasteiger partial charge in [-0.25, -0.2) is 0 Å². The van der Waals surface area contributed by atoms with Crippen molar-refractivity contribution in [3.8, 4) is 0 Å². The van der Waals surface area contributed by atoms with Gasteiger partial charge in [-0.2, -0.15) is 0 Å². The van der Waals surface area contributed by atoms with E-state index in [9.17, 15) is 0 Å². The van der Waals surface area contributed by atoms with Crippen LogP contribution in [0.1, 0.15) is 52.9 Å². The van der Waals surface area contributed by atoms with E-state index in [4.69, 9.17) is 4.74 Å². The Hall–Kier alpha value is -0.0800. The first-order chi connectivity index (χ1) is 7.72. The van der Waals surface area contributed by atoms with Gasteiger partial charge in [0.1, 0.15) is 0 Å². The number of hydrogen-bond acceptors (Lipinski definition) is 2. The summed E-state index contributed by atoms with van der Waals surface area (Å²) in [5, 5.41) is 3.61. The summed E-state index contributed by atoms with van der Waals surface area (Å²) < 4.78 is 5.67. The summed E-state index contributed by atoms with van der Waals surface area (Å²) in [6.45, 7) is 9.85. The summed E-state index contributed by atoms with van der Waals surface area (Å²) >= 11 is 0. The summed E-state index contributed by atoms with van der Waals surface area (Å²) in [6.07, 6.45) is 6.46. The Kier molecular flexibility index (Phi) is 7.06. The Labute approximate surface area is 101 Å². The second kappa shape index (κ2) is 8.08. The Morgan fingerprint density at radius 3 is 2.44 bits per heavy atom. The predicted octanol–water partition coefficient (Wildman–Crippen LogP) is 3.22. The van der Waals surface area contributed by atoms with E-state index in [0.29, 0.717) is 0 Å². The van der Waals surface area contributed by atoms with Crippen LogP contribution in [0.15, 0.2) is 0 Å². The molecule has 0 amide bonds. The first kappa shape index (κ1) is 14.0. The highest BCUT2D eigenvalue weighted by Gasteiger charge is 2.21. The third kappa shape index (κ3) is 7.24. The summed E-state index contributed by atoms with van der Waals surface area (Å²) in [7, 11) is 0. The van der Waals surface area contributed by atoms with Crippen LogP contribution in [0.5, 0.6) is 0 Å². The summed E-state index contributed by atoms with van der Waals surface area (Å²) in [6, 6.07) is 0.843. The fraction of sp³-hybridized carbons (Fsp3) is 1.00. The Morgan fingerprint density at radius 2 is 1.88 bits per heavy atom. The second-order valence-electron chi connectivity index (χ2n) is 5.54. The highest BCUT2D eigenvalue weighted by atomic mass is 16.5. The maximum atomic E-state index is 5.67. The summed E-state index contributed by atoms with van der Waals surface area (Å²) in [4.78, 5) is 0. The van der Waals surface area contributed by atoms with Crippen LogP contribution < -0.4 is 5.32 Å². The largest absolute Gasteiger partial charge is 0.381 e. The van der Waals surface area contributed by atoms with Gasteiger partial charge in [0.25, 0.3) is 0 Å². The van der Waals surface area contributed by atoms with Gasteiger partial charge in [-0.1, -0.05) is 27.2 Å². The molecule has 1 aliphatic rings. The molecular formula is C14H29NO. The first-order valence-electron chi connectivity index (χ1n) is 7.03. The zero-order valence-corrected chi connectivity index (χ0v) is 11.3. The highest BCUT2D eigenvalue weighted by Crippen LogP contribution is 2.19. The molecule has 1 N–H and O–H groups in total. The molecule has 0 aliphatic heterocycles. The van der Waals surface area contributed by atoms with Gasteiger partial charge < -0.3 is 10.1 Å². The smallest absolute Gasteiger partial charge is 0.0469 e. The Morgan fingerprint density at radius 1 is 1.19 bits per heavy atom. The van der Waals surface area contributed by atoms with Gasteiger partial charge in [0.15, 0.2) is 0 Å². The van der Waals surface area contributed by atoms with Crippen molar-refractivity contribution >= 4 is 0 Å². The van der Waals surface area contributed by atoms with E-state index in [2.05, 4.69) is 26.1 Å². The average Bonchev–Trinajstić information content (AvgIpc) is 3.05. The monoisotopic (exact) mass is 227 g/mol. The standard InChI is InChI=1S/C14H29NO/c1-4-13(11-15-14-5-6-14)8-10-16-9-7-12(2)3/h12-15H,4-11H2,1-3H3. The van der Waals surface area contributed by atoms with Crippen LogP contribution in [-0.4, -0.2) is 25.8 Å². The molecule has 1 atom stereocenters. The molecule has 0 aromatic heterocycles. The van der Waals surface area contributed by atoms with Gasteiger partial charge in [0.2, 0.25) is 0 Å². The van der Waals surface area contributed by atoms with Crippen molar-refractivity contribution in [2.45, 2.75) is 58.9 Å². The minimum Gasteiger partial charge on any atom is -0.381 e. The summed E-state index contributed by atoms with van der Waals surface area (Å²) in [5.41, 5.74) is 0. The van der Waals surface area contributed by atoms with Crippen molar-refractivity contribution in [1.82, 2.24) is 5.32 Å². The molecule has 1 rings (SSSR count). The quantitative estimate of drug-likeness (QED) is 0.579. The fourth-order valence-corrected chi connectivity index (χ4v) is 1.74. The van der Waals surface area contributed by atoms with Crippen molar-refractivity contribution < 1.29 is 4.74 Å². The van der Waals surface area contributed by atoms with E-state index >= 15 is 0 Å². The molecule has 0 heterocycles. The normalized spacial score (nSPS) is 18.0. The third-order valence-electron chi connectivity index (χ3n) is 3.36. The molecule has 1 fully saturated rings. The zero-order chi connectivity index (χ0) is 11.8. The minimum absolute atomic E-state index is 0.763. The lowest BCUT2D eigenvalue weighted by Gasteiger charge is -2.15. The van der Waals surface area contributed by atoms with E-state index in [1.54, 1.807) is 0 Å². The molecule has 0 saturated heterocycles. The van der Waals surface area contributed by atoms with Crippen molar-refractivity contribution in [2.24, 2.45) is 11.8 Å². The third-order valence-corrected chi connectivity index (χ3v) is 3.36. The van der Waals surface area contributed by atoms with Crippen LogP contribution in [0.2, 0.25) is 0 Å². The molecule has 1 unspecified atom stereocenters. The molecule has 16 heavy (non-hydrogen) atoms. The summed E-state index contributed by atoms with van der Waals surface area (Å²) in [5.74, 6) is 1.57. The molecule has 1 saturated carbocycles. The fourth-order valence-electron chi connectivity index (χ4n) is 1.74. The van der Waals surface area contributed by atoms with Crippen molar-refractivity contribution in [2.75, 3.05) is 19.8 Å². The molecule has 0 radical (unpaired) electrons. The van der Waals surface area contributed by atoms with Crippen molar-refractivity contribution in [3.63, 3.8) is 0 Å². The van der Waals surface area contributed by atoms with Crippen LogP contribution in [0, 0.1) is 11.8 Å². The van der Waals surface area contributed by atoms with Gasteiger partial charge in [-0.15, -0.1) is 0 Å². The lowest BCUT2D eigenvalue weighted by Crippen LogP contribution is -2.25. The maximum Gasteiger partial charge on any atom is 0.0469 e. The number of nitrogens with one attached hydrogen (secondary N) is 1. The molecule has 0 bridgehead atoms. The molecule has 2 heteroatoms. The van der Waals surface area contributed by atoms with Gasteiger partial charge in [0, 0.05) is 19.3 Å². The Bertz CT molecular complexity index is 166. The topological polar surface area (TPSA) is 21.3 Å². The molecule has 1 aliphatic carbocycles. The zero-order valence-electron chi connectivity index (χ0n) is 11.3. The van der Waals surface area contributed by atoms with Gasteiger partial charge in [-0.3, -0.25) is 0 Å². The van der Waals surface area contributed by atoms with Gasteiger partial charge in [0.05, 0.1) is 0 Å². The van der Waals surface area contributed by atoms with Crippen LogP contribution in [0.3, 0.4) is 0 Å². The van der Waals surface area contributed by atoms with Crippen LogP contribution in [0.4, 0.5) is 0 Å². The lowest BCUT2D eigenvalue weighted by molar-refractivity contribution is 0.109. The van der Waals surface area contributed by atoms with E-state index < -0.39 is 0 Å². The van der Waals surface area contributed by atoms with Gasteiger partial charge >= 0.3 is 0 Å². The van der Waals surface area contributed by atoms with E-state index in [-0.39, 0.29) is 0 Å². The SMILES string of the molecule is CCC(CCOCCC(C)C)CNC1CC1. The molecule has 0 aromatic carbocycles. The van der Waals surface area contributed by atoms with Gasteiger partial charge in [-0.05, 0) is 44.1 Å². The first-order valence-corrected chi connectivity index (χ1v) is 7.03. The molecular weight excluding hydrogens is 198 g/mol. The van der Waals surface area contributed by atoms with Crippen molar-refractivity contribution in [1.29, 1.82) is 0 Å². The molecule has 0 spiro atoms. The molecule has 0 aromatic rings. The van der Waals surface area contributed by atoms with Crippen LogP contribution in [0.25, 0.3) is 0 Å². The Balaban J connectivity index is 1.91. The highest BCUT2D eigenvalue weighted by molar-refractivity contribution is 4.81. The van der Waals surface area contributed by atoms with Crippen molar-refractivity contribution in [3.05, 3.63) is 0 Å². The lowest BCUT2D eigenvalue weighted by atomic mass is 10.0. The predicted molar refractivity (Wildman–Crippen MR) is 69.7 cm³/mol.